The fourth-order valence-corrected chi connectivity index (χ4v) is 0.447. The first-order chi connectivity index (χ1) is 4.22. The number of carbonyl (C=O) groups is 1. The zero-order valence-electron chi connectivity index (χ0n) is 4.38. The van der Waals surface area contributed by atoms with Crippen LogP contribution in [0.4, 0.5) is 0 Å². The van der Waals surface area contributed by atoms with Gasteiger partial charge in [-0.3, -0.25) is 15.6 Å². The molecule has 1 aromatic heterocycles. The Morgan fingerprint density at radius 2 is 2.56 bits per heavy atom. The summed E-state index contributed by atoms with van der Waals surface area (Å²) < 4.78 is 0. The first-order valence-corrected chi connectivity index (χ1v) is 2.20. The summed E-state index contributed by atoms with van der Waals surface area (Å²) in [5.74, 6) is -1.25. The van der Waals surface area contributed by atoms with Crippen molar-refractivity contribution in [1.29, 1.82) is 0 Å². The van der Waals surface area contributed by atoms with Gasteiger partial charge in [0.1, 0.15) is 0 Å². The van der Waals surface area contributed by atoms with Crippen molar-refractivity contribution in [2.24, 2.45) is 0 Å². The minimum atomic E-state index is -0.968. The van der Waals surface area contributed by atoms with Crippen LogP contribution in [0.5, 0.6) is 5.75 Å². The maximum atomic E-state index is 10.2. The van der Waals surface area contributed by atoms with E-state index in [9.17, 15) is 4.79 Å². The molecule has 0 aromatic carbocycles. The van der Waals surface area contributed by atoms with Crippen molar-refractivity contribution in [3.05, 3.63) is 11.9 Å². The van der Waals surface area contributed by atoms with Crippen LogP contribution in [0.1, 0.15) is 10.5 Å². The van der Waals surface area contributed by atoms with Crippen LogP contribution < -0.4 is 5.73 Å². The second-order valence-electron chi connectivity index (χ2n) is 1.46. The topological polar surface area (TPSA) is 89.8 Å². The van der Waals surface area contributed by atoms with Crippen LogP contribution in [-0.2, 0) is 0 Å². The van der Waals surface area contributed by atoms with Crippen LogP contribution in [0.15, 0.2) is 6.20 Å². The van der Waals surface area contributed by atoms with E-state index in [1.54, 1.807) is 0 Å². The van der Waals surface area contributed by atoms with E-state index in [1.165, 1.54) is 0 Å². The highest BCUT2D eigenvalue weighted by atomic mass is 16.3. The van der Waals surface area contributed by atoms with Gasteiger partial charge in [0.2, 0.25) is 0 Å². The van der Waals surface area contributed by atoms with Gasteiger partial charge in [-0.15, -0.1) is 0 Å². The summed E-state index contributed by atoms with van der Waals surface area (Å²) in [5.41, 5.74) is 6.33. The Balaban J connectivity index is 3.08. The maximum absolute atomic E-state index is 10.2. The van der Waals surface area contributed by atoms with Crippen LogP contribution in [0.2, 0.25) is 0 Å². The van der Waals surface area contributed by atoms with Gasteiger partial charge in [-0.2, -0.15) is 5.10 Å². The van der Waals surface area contributed by atoms with Crippen LogP contribution >= 0.6 is 0 Å². The normalized spacial score (nSPS) is 9.33. The molecular weight excluding hydrogens is 122 g/mol. The molecule has 0 atom stereocenters. The summed E-state index contributed by atoms with van der Waals surface area (Å²) in [6.45, 7) is 0. The SMILES string of the molecule is [NH]C(=O)c1[nH]ncc1O. The monoisotopic (exact) mass is 126 g/mol. The molecule has 0 aliphatic rings. The summed E-state index contributed by atoms with van der Waals surface area (Å²) in [6.07, 6.45) is 1.07. The molecule has 9 heavy (non-hydrogen) atoms. The summed E-state index contributed by atoms with van der Waals surface area (Å²) >= 11 is 0. The third-order valence-corrected chi connectivity index (χ3v) is 0.846. The Hall–Kier alpha value is -1.52. The Morgan fingerprint density at radius 3 is 2.78 bits per heavy atom. The summed E-state index contributed by atoms with van der Waals surface area (Å²) in [6, 6.07) is 0. The molecule has 0 fully saturated rings. The maximum Gasteiger partial charge on any atom is 0.291 e. The molecule has 1 heterocycles. The van der Waals surface area contributed by atoms with Gasteiger partial charge >= 0.3 is 0 Å². The molecule has 0 aliphatic heterocycles. The minimum absolute atomic E-state index is 0.171. The van der Waals surface area contributed by atoms with Crippen molar-refractivity contribution in [3.8, 4) is 5.75 Å². The summed E-state index contributed by atoms with van der Waals surface area (Å²) in [7, 11) is 0. The Kier molecular flexibility index (Phi) is 1.11. The van der Waals surface area contributed by atoms with Gasteiger partial charge in [0, 0.05) is 0 Å². The van der Waals surface area contributed by atoms with Gasteiger partial charge in [0.05, 0.1) is 6.20 Å². The van der Waals surface area contributed by atoms with Crippen LogP contribution in [0, 0.1) is 0 Å². The van der Waals surface area contributed by atoms with Gasteiger partial charge in [0.15, 0.2) is 11.4 Å². The summed E-state index contributed by atoms with van der Waals surface area (Å²) in [4.78, 5) is 10.2. The first-order valence-electron chi connectivity index (χ1n) is 2.20. The van der Waals surface area contributed by atoms with Crippen LogP contribution in [0.25, 0.3) is 0 Å². The van der Waals surface area contributed by atoms with Gasteiger partial charge < -0.3 is 5.11 Å². The molecule has 1 radical (unpaired) electrons. The standard InChI is InChI=1S/C4H4N3O2/c5-4(9)3-2(8)1-6-7-3/h1,5,8H,(H,6,7). The Morgan fingerprint density at radius 1 is 1.89 bits per heavy atom. The zero-order valence-corrected chi connectivity index (χ0v) is 4.38. The van der Waals surface area contributed by atoms with Gasteiger partial charge in [-0.25, -0.2) is 0 Å². The highest BCUT2D eigenvalue weighted by Crippen LogP contribution is 2.09. The van der Waals surface area contributed by atoms with Gasteiger partial charge in [-0.1, -0.05) is 0 Å². The minimum Gasteiger partial charge on any atom is -0.504 e. The molecule has 0 unspecified atom stereocenters. The van der Waals surface area contributed by atoms with Crippen LogP contribution in [0.3, 0.4) is 0 Å². The smallest absolute Gasteiger partial charge is 0.291 e. The molecule has 0 aliphatic carbocycles. The number of aromatic nitrogens is 2. The van der Waals surface area contributed by atoms with E-state index < -0.39 is 5.91 Å². The molecule has 5 heteroatoms. The first kappa shape index (κ1) is 5.61. The largest absolute Gasteiger partial charge is 0.504 e. The lowest BCUT2D eigenvalue weighted by Crippen LogP contribution is -1.98. The number of hydrogen-bond donors (Lipinski definition) is 2. The Labute approximate surface area is 50.5 Å². The molecule has 0 saturated heterocycles. The number of aromatic amines is 1. The third kappa shape index (κ3) is 0.835. The number of carbonyl (C=O) groups excluding carboxylic acids is 1. The highest BCUT2D eigenvalue weighted by Gasteiger charge is 2.08. The van der Waals surface area contributed by atoms with Crippen molar-refractivity contribution in [3.63, 3.8) is 0 Å². The van der Waals surface area contributed by atoms with E-state index in [1.807, 2.05) is 0 Å². The number of aromatic hydroxyl groups is 1. The van der Waals surface area contributed by atoms with Crippen molar-refractivity contribution < 1.29 is 9.90 Å². The molecule has 5 nitrogen and oxygen atoms in total. The van der Waals surface area contributed by atoms with E-state index in [2.05, 4.69) is 10.2 Å². The molecule has 3 N–H and O–H groups in total. The number of H-pyrrole nitrogens is 1. The number of amides is 1. The second-order valence-corrected chi connectivity index (χ2v) is 1.46. The summed E-state index contributed by atoms with van der Waals surface area (Å²) in [5, 5.41) is 14.2. The zero-order chi connectivity index (χ0) is 6.85. The van der Waals surface area contributed by atoms with Crippen molar-refractivity contribution in [2.45, 2.75) is 0 Å². The molecule has 1 rings (SSSR count). The molecule has 1 amide bonds. The highest BCUT2D eigenvalue weighted by molar-refractivity contribution is 5.92. The lowest BCUT2D eigenvalue weighted by atomic mass is 10.4. The second kappa shape index (κ2) is 1.77. The number of rotatable bonds is 1. The Bertz CT molecular complexity index is 229. The fraction of sp³-hybridized carbons (Fsp3) is 0. The molecular formula is C4H4N3O2. The van der Waals surface area contributed by atoms with E-state index >= 15 is 0 Å². The molecule has 0 spiro atoms. The predicted molar refractivity (Wildman–Crippen MR) is 27.7 cm³/mol. The fourth-order valence-electron chi connectivity index (χ4n) is 0.447. The number of nitrogens with zero attached hydrogens (tertiary/aromatic N) is 1. The average Bonchev–Trinajstić information content (AvgIpc) is 2.13. The quantitative estimate of drug-likeness (QED) is 0.533. The van der Waals surface area contributed by atoms with Gasteiger partial charge in [0.25, 0.3) is 5.91 Å². The van der Waals surface area contributed by atoms with Crippen molar-refractivity contribution in [1.82, 2.24) is 15.9 Å². The van der Waals surface area contributed by atoms with Crippen molar-refractivity contribution >= 4 is 5.91 Å². The average molecular weight is 126 g/mol. The molecule has 0 saturated carbocycles. The van der Waals surface area contributed by atoms with E-state index in [4.69, 9.17) is 10.8 Å². The third-order valence-electron chi connectivity index (χ3n) is 0.846. The van der Waals surface area contributed by atoms with Crippen LogP contribution in [-0.4, -0.2) is 21.2 Å². The molecule has 47 valence electrons. The van der Waals surface area contributed by atoms with E-state index in [0.29, 0.717) is 0 Å². The van der Waals surface area contributed by atoms with E-state index in [-0.39, 0.29) is 11.4 Å². The molecule has 1 aromatic rings. The van der Waals surface area contributed by atoms with E-state index in [0.717, 1.165) is 6.20 Å². The lowest BCUT2D eigenvalue weighted by Gasteiger charge is -1.84. The number of nitrogens with one attached hydrogen (secondary N) is 2. The lowest BCUT2D eigenvalue weighted by molar-refractivity contribution is 0.0985. The van der Waals surface area contributed by atoms with Gasteiger partial charge in [-0.05, 0) is 0 Å². The predicted octanol–water partition coefficient (Wildman–Crippen LogP) is -0.462. The molecule has 0 bridgehead atoms. The number of hydrogen-bond acceptors (Lipinski definition) is 3. The van der Waals surface area contributed by atoms with Crippen molar-refractivity contribution in [2.75, 3.05) is 0 Å².